The van der Waals surface area contributed by atoms with E-state index in [-0.39, 0.29) is 11.4 Å². The number of Topliss-reactive ketones (excluding diaryl/α,β-unsaturated/α-hetero) is 1. The molecule has 0 spiro atoms. The van der Waals surface area contributed by atoms with Gasteiger partial charge in [0.05, 0.1) is 26.7 Å². The number of ketones is 1. The first-order valence-corrected chi connectivity index (χ1v) is 12.0. The lowest BCUT2D eigenvalue weighted by Crippen LogP contribution is -2.30. The van der Waals surface area contributed by atoms with Gasteiger partial charge in [0, 0.05) is 9.50 Å². The van der Waals surface area contributed by atoms with E-state index < -0.39 is 17.7 Å². The van der Waals surface area contributed by atoms with E-state index in [2.05, 4.69) is 20.9 Å². The van der Waals surface area contributed by atoms with Crippen LogP contribution in [0.1, 0.15) is 21.3 Å². The minimum Gasteiger partial charge on any atom is -0.503 e. The molecule has 2 aromatic heterocycles. The highest BCUT2D eigenvalue weighted by molar-refractivity contribution is 9.10. The van der Waals surface area contributed by atoms with Gasteiger partial charge in [-0.2, -0.15) is 0 Å². The van der Waals surface area contributed by atoms with Crippen LogP contribution in [-0.2, 0) is 4.79 Å². The van der Waals surface area contributed by atoms with Crippen LogP contribution in [0.25, 0.3) is 10.2 Å². The van der Waals surface area contributed by atoms with Gasteiger partial charge >= 0.3 is 0 Å². The molecule has 1 aliphatic rings. The number of benzene rings is 2. The van der Waals surface area contributed by atoms with Crippen LogP contribution in [0, 0.1) is 0 Å². The molecule has 1 N–H and O–H groups in total. The fourth-order valence-electron chi connectivity index (χ4n) is 3.52. The number of thiazole rings is 1. The van der Waals surface area contributed by atoms with Crippen LogP contribution in [-0.4, -0.2) is 21.8 Å². The molecule has 4 aromatic rings. The Morgan fingerprint density at radius 2 is 1.94 bits per heavy atom. The second-order valence-electron chi connectivity index (χ2n) is 6.81. The summed E-state index contributed by atoms with van der Waals surface area (Å²) in [6.45, 7) is 0. The summed E-state index contributed by atoms with van der Waals surface area (Å²) in [4.78, 5) is 32.9. The number of aliphatic hydroxyl groups is 1. The van der Waals surface area contributed by atoms with Crippen LogP contribution in [0.4, 0.5) is 5.13 Å². The van der Waals surface area contributed by atoms with E-state index >= 15 is 0 Å². The summed E-state index contributed by atoms with van der Waals surface area (Å²) in [5, 5.41) is 13.5. The third-order valence-electron chi connectivity index (χ3n) is 4.93. The van der Waals surface area contributed by atoms with E-state index in [1.807, 2.05) is 24.3 Å². The highest BCUT2D eigenvalue weighted by Crippen LogP contribution is 2.44. The zero-order valence-corrected chi connectivity index (χ0v) is 19.6. The predicted molar refractivity (Wildman–Crippen MR) is 127 cm³/mol. The molecular weight excluding hydrogens is 520 g/mol. The molecule has 31 heavy (non-hydrogen) atoms. The second kappa shape index (κ2) is 7.87. The number of carbonyl (C=O) groups excluding carboxylic acids is 2. The molecule has 0 saturated carbocycles. The Balaban J connectivity index is 1.68. The smallest absolute Gasteiger partial charge is 0.296 e. The van der Waals surface area contributed by atoms with Gasteiger partial charge in [-0.05, 0) is 47.3 Å². The molecule has 0 fully saturated rings. The molecule has 9 heteroatoms. The van der Waals surface area contributed by atoms with Crippen molar-refractivity contribution in [2.45, 2.75) is 6.04 Å². The lowest BCUT2D eigenvalue weighted by Gasteiger charge is -2.24. The largest absolute Gasteiger partial charge is 0.503 e. The number of aliphatic hydroxyl groups excluding tert-OH is 1. The van der Waals surface area contributed by atoms with Gasteiger partial charge in [0.2, 0.25) is 5.78 Å². The maximum Gasteiger partial charge on any atom is 0.296 e. The number of rotatable bonds is 4. The van der Waals surface area contributed by atoms with Crippen LogP contribution in [0.15, 0.2) is 75.8 Å². The Morgan fingerprint density at radius 3 is 2.65 bits per heavy atom. The average Bonchev–Trinajstić information content (AvgIpc) is 3.47. The summed E-state index contributed by atoms with van der Waals surface area (Å²) in [7, 11) is 0. The van der Waals surface area contributed by atoms with Crippen molar-refractivity contribution in [2.24, 2.45) is 0 Å². The third-order valence-corrected chi connectivity index (χ3v) is 7.58. The fraction of sp³-hybridized carbons (Fsp3) is 0.0455. The third kappa shape index (κ3) is 3.49. The molecule has 1 atom stereocenters. The summed E-state index contributed by atoms with van der Waals surface area (Å²) in [5.74, 6) is -1.58. The number of aromatic nitrogens is 1. The van der Waals surface area contributed by atoms with Gasteiger partial charge in [-0.15, -0.1) is 11.3 Å². The lowest BCUT2D eigenvalue weighted by molar-refractivity contribution is -0.117. The maximum absolute atomic E-state index is 13.3. The Hall–Kier alpha value is -2.52. The lowest BCUT2D eigenvalue weighted by atomic mass is 9.96. The van der Waals surface area contributed by atoms with Gasteiger partial charge in [-0.1, -0.05) is 57.1 Å². The number of fused-ring (bicyclic) bond motifs is 1. The summed E-state index contributed by atoms with van der Waals surface area (Å²) in [6, 6.07) is 15.2. The van der Waals surface area contributed by atoms with Crippen LogP contribution in [0.3, 0.4) is 0 Å². The Labute approximate surface area is 198 Å². The topological polar surface area (TPSA) is 70.5 Å². The number of hydrogen-bond donors (Lipinski definition) is 1. The van der Waals surface area contributed by atoms with Gasteiger partial charge in [0.25, 0.3) is 5.91 Å². The van der Waals surface area contributed by atoms with Gasteiger partial charge in [-0.25, -0.2) is 4.98 Å². The summed E-state index contributed by atoms with van der Waals surface area (Å²) in [5.41, 5.74) is 1.43. The zero-order chi connectivity index (χ0) is 21.7. The van der Waals surface area contributed by atoms with E-state index in [0.29, 0.717) is 26.1 Å². The molecule has 0 bridgehead atoms. The second-order valence-corrected chi connectivity index (χ2v) is 10.1. The predicted octanol–water partition coefficient (Wildman–Crippen LogP) is 6.56. The van der Waals surface area contributed by atoms with Crippen molar-refractivity contribution < 1.29 is 14.7 Å². The van der Waals surface area contributed by atoms with Crippen molar-refractivity contribution in [3.05, 3.63) is 91.2 Å². The van der Waals surface area contributed by atoms with Crippen molar-refractivity contribution in [3.8, 4) is 0 Å². The Kier molecular flexibility index (Phi) is 5.18. The molecule has 2 aromatic carbocycles. The summed E-state index contributed by atoms with van der Waals surface area (Å²) in [6.07, 6.45) is 0. The van der Waals surface area contributed by atoms with Crippen molar-refractivity contribution >= 4 is 77.2 Å². The minimum atomic E-state index is -0.800. The van der Waals surface area contributed by atoms with E-state index in [1.165, 1.54) is 27.6 Å². The molecule has 5 nitrogen and oxygen atoms in total. The molecule has 154 valence electrons. The van der Waals surface area contributed by atoms with Gasteiger partial charge in [-0.3, -0.25) is 14.5 Å². The van der Waals surface area contributed by atoms with Crippen molar-refractivity contribution in [1.29, 1.82) is 0 Å². The number of carbonyl (C=O) groups is 2. The molecule has 5 rings (SSSR count). The van der Waals surface area contributed by atoms with Crippen LogP contribution < -0.4 is 4.90 Å². The SMILES string of the molecule is O=C(C1=C(O)C(=O)N(c2nc3ccc(Cl)cc3s2)C1c1ccc(Br)cc1)c1cccs1. The van der Waals surface area contributed by atoms with Crippen LogP contribution in [0.5, 0.6) is 0 Å². The van der Waals surface area contributed by atoms with Crippen molar-refractivity contribution in [2.75, 3.05) is 4.90 Å². The molecule has 0 aliphatic carbocycles. The molecule has 1 amide bonds. The van der Waals surface area contributed by atoms with Gasteiger partial charge in [0.1, 0.15) is 0 Å². The van der Waals surface area contributed by atoms with E-state index in [4.69, 9.17) is 11.6 Å². The molecule has 0 radical (unpaired) electrons. The first-order valence-electron chi connectivity index (χ1n) is 9.10. The van der Waals surface area contributed by atoms with Crippen molar-refractivity contribution in [3.63, 3.8) is 0 Å². The molecule has 1 aliphatic heterocycles. The number of nitrogens with zero attached hydrogens (tertiary/aromatic N) is 2. The Morgan fingerprint density at radius 1 is 1.16 bits per heavy atom. The number of thiophene rings is 1. The Bertz CT molecular complexity index is 1360. The first kappa shape index (κ1) is 20.4. The van der Waals surface area contributed by atoms with Gasteiger partial charge < -0.3 is 5.11 Å². The van der Waals surface area contributed by atoms with Crippen LogP contribution in [0.2, 0.25) is 5.02 Å². The fourth-order valence-corrected chi connectivity index (χ4v) is 5.74. The number of amides is 1. The average molecular weight is 532 g/mol. The molecule has 3 heterocycles. The first-order chi connectivity index (χ1) is 14.9. The van der Waals surface area contributed by atoms with Gasteiger partial charge in [0.15, 0.2) is 10.9 Å². The van der Waals surface area contributed by atoms with Crippen LogP contribution >= 0.6 is 50.2 Å². The molecule has 1 unspecified atom stereocenters. The number of anilines is 1. The zero-order valence-electron chi connectivity index (χ0n) is 15.6. The molecule has 0 saturated heterocycles. The van der Waals surface area contributed by atoms with E-state index in [9.17, 15) is 14.7 Å². The maximum atomic E-state index is 13.3. The quantitative estimate of drug-likeness (QED) is 0.303. The standard InChI is InChI=1S/C22H12BrClN2O3S2/c23-12-5-3-11(4-6-12)18-17(19(27)15-2-1-9-30-15)20(28)21(29)26(18)22-25-14-8-7-13(24)10-16(14)31-22/h1-10,18,28H. The monoisotopic (exact) mass is 530 g/mol. The van der Waals surface area contributed by atoms with Crippen molar-refractivity contribution in [1.82, 2.24) is 4.98 Å². The number of halogens is 2. The highest BCUT2D eigenvalue weighted by Gasteiger charge is 2.46. The minimum absolute atomic E-state index is 0.0482. The molecular formula is C22H12BrClN2O3S2. The summed E-state index contributed by atoms with van der Waals surface area (Å²) < 4.78 is 1.67. The summed E-state index contributed by atoms with van der Waals surface area (Å²) >= 11 is 12.1. The van der Waals surface area contributed by atoms with E-state index in [1.54, 1.807) is 35.7 Å². The normalized spacial score (nSPS) is 16.5. The van der Waals surface area contributed by atoms with E-state index in [0.717, 1.165) is 9.17 Å². The number of hydrogen-bond acceptors (Lipinski definition) is 6. The highest BCUT2D eigenvalue weighted by atomic mass is 79.9.